The molecule has 0 fully saturated rings. The summed E-state index contributed by atoms with van der Waals surface area (Å²) in [5, 5.41) is 23.6. The molecule has 0 aromatic heterocycles. The van der Waals surface area contributed by atoms with Crippen molar-refractivity contribution in [1.29, 1.82) is 5.26 Å². The van der Waals surface area contributed by atoms with Crippen LogP contribution in [0, 0.1) is 33.3 Å². The highest BCUT2D eigenvalue weighted by atomic mass is 16.6. The third kappa shape index (κ3) is 6.77. The summed E-state index contributed by atoms with van der Waals surface area (Å²) >= 11 is 0. The minimum atomic E-state index is -1.66. The molecule has 0 radical (unpaired) electrons. The molecular formula is C24H25N3O8. The van der Waals surface area contributed by atoms with Gasteiger partial charge in [0.05, 0.1) is 31.3 Å². The van der Waals surface area contributed by atoms with E-state index in [4.69, 9.17) is 14.2 Å². The SMILES string of the molecule is CCOC(=O)C(C(=O)OCC)C(c1ccc([N+](=O)[O-])cc1)C(C#N)C(=O)Nc1ccc(OC)cc1. The van der Waals surface area contributed by atoms with Crippen molar-refractivity contribution in [3.63, 3.8) is 0 Å². The lowest BCUT2D eigenvalue weighted by atomic mass is 9.76. The van der Waals surface area contributed by atoms with E-state index < -0.39 is 40.5 Å². The van der Waals surface area contributed by atoms with Crippen LogP contribution in [0.3, 0.4) is 0 Å². The highest BCUT2D eigenvalue weighted by Gasteiger charge is 2.45. The Labute approximate surface area is 201 Å². The number of ether oxygens (including phenoxy) is 3. The molecule has 2 aromatic rings. The molecule has 0 aliphatic heterocycles. The maximum Gasteiger partial charge on any atom is 0.321 e. The Morgan fingerprint density at radius 3 is 1.97 bits per heavy atom. The summed E-state index contributed by atoms with van der Waals surface area (Å²) in [4.78, 5) is 49.3. The lowest BCUT2D eigenvalue weighted by Gasteiger charge is -2.27. The molecule has 1 amide bonds. The Hall–Kier alpha value is -4.46. The average Bonchev–Trinajstić information content (AvgIpc) is 2.84. The Bertz CT molecular complexity index is 1080. The normalized spacial score (nSPS) is 12.1. The summed E-state index contributed by atoms with van der Waals surface area (Å²) in [6.07, 6.45) is 0. The number of methoxy groups -OCH3 is 1. The van der Waals surface area contributed by atoms with Crippen LogP contribution in [-0.4, -0.2) is 43.1 Å². The number of nitriles is 1. The maximum absolute atomic E-state index is 13.2. The summed E-state index contributed by atoms with van der Waals surface area (Å²) < 4.78 is 15.2. The van der Waals surface area contributed by atoms with Crippen molar-refractivity contribution >= 4 is 29.2 Å². The monoisotopic (exact) mass is 483 g/mol. The van der Waals surface area contributed by atoms with Gasteiger partial charge in [-0.05, 0) is 43.7 Å². The molecular weight excluding hydrogens is 458 g/mol. The molecule has 0 spiro atoms. The molecule has 11 nitrogen and oxygen atoms in total. The maximum atomic E-state index is 13.2. The molecule has 35 heavy (non-hydrogen) atoms. The third-order valence-electron chi connectivity index (χ3n) is 5.07. The van der Waals surface area contributed by atoms with Gasteiger partial charge in [-0.1, -0.05) is 12.1 Å². The van der Waals surface area contributed by atoms with Gasteiger partial charge in [0.25, 0.3) is 5.69 Å². The highest BCUT2D eigenvalue weighted by molar-refractivity contribution is 6.00. The van der Waals surface area contributed by atoms with Crippen LogP contribution in [-0.2, 0) is 23.9 Å². The number of hydrogen-bond acceptors (Lipinski definition) is 9. The summed E-state index contributed by atoms with van der Waals surface area (Å²) in [7, 11) is 1.49. The fourth-order valence-electron chi connectivity index (χ4n) is 3.45. The molecule has 0 heterocycles. The molecule has 2 aromatic carbocycles. The van der Waals surface area contributed by atoms with E-state index in [0.717, 1.165) is 12.1 Å². The van der Waals surface area contributed by atoms with Crippen LogP contribution in [0.1, 0.15) is 25.3 Å². The molecule has 0 saturated heterocycles. The predicted octanol–water partition coefficient (Wildman–Crippen LogP) is 3.21. The predicted molar refractivity (Wildman–Crippen MR) is 123 cm³/mol. The first-order valence-corrected chi connectivity index (χ1v) is 10.7. The molecule has 2 atom stereocenters. The summed E-state index contributed by atoms with van der Waals surface area (Å²) in [5.74, 6) is -6.77. The van der Waals surface area contributed by atoms with Crippen molar-refractivity contribution in [2.75, 3.05) is 25.6 Å². The van der Waals surface area contributed by atoms with Gasteiger partial charge >= 0.3 is 11.9 Å². The molecule has 2 unspecified atom stereocenters. The topological polar surface area (TPSA) is 158 Å². The van der Waals surface area contributed by atoms with Crippen molar-refractivity contribution < 1.29 is 33.5 Å². The standard InChI is InChI=1S/C24H25N3O8/c1-4-34-23(29)21(24(30)35-5-2)20(15-6-10-17(11-7-15)27(31)32)19(14-25)22(28)26-16-8-12-18(33-3)13-9-16/h6-13,19-21H,4-5H2,1-3H3,(H,26,28). The number of carbonyl (C=O) groups is 3. The van der Waals surface area contributed by atoms with Crippen LogP contribution in [0.4, 0.5) is 11.4 Å². The van der Waals surface area contributed by atoms with E-state index >= 15 is 0 Å². The molecule has 184 valence electrons. The first-order chi connectivity index (χ1) is 16.8. The molecule has 0 bridgehead atoms. The van der Waals surface area contributed by atoms with Gasteiger partial charge in [-0.15, -0.1) is 0 Å². The van der Waals surface area contributed by atoms with Crippen molar-refractivity contribution in [3.05, 3.63) is 64.2 Å². The summed E-state index contributed by atoms with van der Waals surface area (Å²) in [6, 6.07) is 13.1. The van der Waals surface area contributed by atoms with Gasteiger partial charge in [0, 0.05) is 23.7 Å². The zero-order valence-corrected chi connectivity index (χ0v) is 19.4. The first kappa shape index (κ1) is 26.8. The van der Waals surface area contributed by atoms with E-state index in [1.54, 1.807) is 38.1 Å². The number of nitro benzene ring substituents is 1. The van der Waals surface area contributed by atoms with Crippen LogP contribution < -0.4 is 10.1 Å². The van der Waals surface area contributed by atoms with Crippen LogP contribution in [0.2, 0.25) is 0 Å². The molecule has 0 saturated carbocycles. The summed E-state index contributed by atoms with van der Waals surface area (Å²) in [5.41, 5.74) is 0.285. The Morgan fingerprint density at radius 2 is 1.54 bits per heavy atom. The fraction of sp³-hybridized carbons (Fsp3) is 0.333. The van der Waals surface area contributed by atoms with Gasteiger partial charge < -0.3 is 19.5 Å². The van der Waals surface area contributed by atoms with Crippen molar-refractivity contribution in [1.82, 2.24) is 0 Å². The Kier molecular flexibility index (Phi) is 9.71. The molecule has 11 heteroatoms. The van der Waals surface area contributed by atoms with Gasteiger partial charge in [0.1, 0.15) is 11.7 Å². The number of amides is 1. The smallest absolute Gasteiger partial charge is 0.321 e. The second-order valence-corrected chi connectivity index (χ2v) is 7.18. The summed E-state index contributed by atoms with van der Waals surface area (Å²) in [6.45, 7) is 2.96. The lowest BCUT2D eigenvalue weighted by molar-refractivity contribution is -0.384. The van der Waals surface area contributed by atoms with Gasteiger partial charge in [-0.2, -0.15) is 5.26 Å². The quantitative estimate of drug-likeness (QED) is 0.219. The molecule has 0 aliphatic rings. The second-order valence-electron chi connectivity index (χ2n) is 7.18. The second kappa shape index (κ2) is 12.7. The fourth-order valence-corrected chi connectivity index (χ4v) is 3.45. The zero-order chi connectivity index (χ0) is 26.0. The first-order valence-electron chi connectivity index (χ1n) is 10.7. The van der Waals surface area contributed by atoms with E-state index in [-0.39, 0.29) is 24.5 Å². The molecule has 1 N–H and O–H groups in total. The number of anilines is 1. The number of hydrogen-bond donors (Lipinski definition) is 1. The molecule has 2 rings (SSSR count). The zero-order valence-electron chi connectivity index (χ0n) is 19.4. The Balaban J connectivity index is 2.56. The number of carbonyl (C=O) groups excluding carboxylic acids is 3. The number of rotatable bonds is 11. The van der Waals surface area contributed by atoms with Crippen LogP contribution in [0.5, 0.6) is 5.75 Å². The highest BCUT2D eigenvalue weighted by Crippen LogP contribution is 2.36. The van der Waals surface area contributed by atoms with Crippen molar-refractivity contribution in [3.8, 4) is 11.8 Å². The number of non-ortho nitro benzene ring substituents is 1. The number of esters is 2. The van der Waals surface area contributed by atoms with Crippen LogP contribution in [0.25, 0.3) is 0 Å². The number of nitrogens with zero attached hydrogens (tertiary/aromatic N) is 2. The minimum Gasteiger partial charge on any atom is -0.497 e. The van der Waals surface area contributed by atoms with E-state index in [1.807, 2.05) is 6.07 Å². The van der Waals surface area contributed by atoms with Crippen molar-refractivity contribution in [2.45, 2.75) is 19.8 Å². The van der Waals surface area contributed by atoms with Crippen LogP contribution >= 0.6 is 0 Å². The van der Waals surface area contributed by atoms with Crippen LogP contribution in [0.15, 0.2) is 48.5 Å². The van der Waals surface area contributed by atoms with Gasteiger partial charge in [-0.25, -0.2) is 0 Å². The van der Waals surface area contributed by atoms with Gasteiger partial charge in [0.2, 0.25) is 5.91 Å². The van der Waals surface area contributed by atoms with Gasteiger partial charge in [0.15, 0.2) is 5.92 Å². The number of nitro groups is 1. The minimum absolute atomic E-state index is 0.0585. The van der Waals surface area contributed by atoms with E-state index in [2.05, 4.69) is 5.32 Å². The Morgan fingerprint density at radius 1 is 1.00 bits per heavy atom. The van der Waals surface area contributed by atoms with Gasteiger partial charge in [-0.3, -0.25) is 24.5 Å². The number of benzene rings is 2. The van der Waals surface area contributed by atoms with E-state index in [9.17, 15) is 29.8 Å². The largest absolute Gasteiger partial charge is 0.497 e. The van der Waals surface area contributed by atoms with Crippen molar-refractivity contribution in [2.24, 2.45) is 11.8 Å². The van der Waals surface area contributed by atoms with E-state index in [1.165, 1.54) is 19.2 Å². The van der Waals surface area contributed by atoms with E-state index in [0.29, 0.717) is 11.4 Å². The lowest BCUT2D eigenvalue weighted by Crippen LogP contribution is -2.40. The molecule has 0 aliphatic carbocycles. The number of nitrogens with one attached hydrogen (secondary N) is 1. The third-order valence-corrected chi connectivity index (χ3v) is 5.07. The average molecular weight is 483 g/mol.